The minimum atomic E-state index is 0.803. The van der Waals surface area contributed by atoms with E-state index in [0.717, 1.165) is 30.3 Å². The van der Waals surface area contributed by atoms with Crippen LogP contribution in [0.3, 0.4) is 0 Å². The van der Waals surface area contributed by atoms with Crippen molar-refractivity contribution in [3.63, 3.8) is 0 Å². The van der Waals surface area contributed by atoms with Crippen LogP contribution < -0.4 is 5.32 Å². The Morgan fingerprint density at radius 3 is 2.56 bits per heavy atom. The number of likely N-dealkylation sites (N-methyl/N-ethyl adjacent to an activating group) is 2. The minimum absolute atomic E-state index is 0.803. The van der Waals surface area contributed by atoms with Gasteiger partial charge in [-0.3, -0.25) is 0 Å². The van der Waals surface area contributed by atoms with Gasteiger partial charge in [0.25, 0.3) is 0 Å². The van der Waals surface area contributed by atoms with E-state index in [4.69, 9.17) is 0 Å². The number of rotatable bonds is 5. The summed E-state index contributed by atoms with van der Waals surface area (Å²) in [6.45, 7) is 9.47. The monoisotopic (exact) mass is 226 g/mol. The normalized spacial score (nSPS) is 31.3. The largest absolute Gasteiger partial charge is 0.318 e. The molecule has 1 aliphatic carbocycles. The Morgan fingerprint density at radius 1 is 1.31 bits per heavy atom. The standard InChI is InChI=1S/C14H30N2/c1-11(2)13-7-6-12(3)10-14(13)16(5)9-8-15-4/h11-15H,6-10H2,1-5H3. The summed E-state index contributed by atoms with van der Waals surface area (Å²) in [4.78, 5) is 2.58. The molecule has 1 fully saturated rings. The lowest BCUT2D eigenvalue weighted by molar-refractivity contribution is 0.0790. The van der Waals surface area contributed by atoms with E-state index < -0.39 is 0 Å². The van der Waals surface area contributed by atoms with Crippen LogP contribution in [0.5, 0.6) is 0 Å². The Balaban J connectivity index is 2.56. The maximum Gasteiger partial charge on any atom is 0.0126 e. The molecule has 1 aliphatic rings. The smallest absolute Gasteiger partial charge is 0.0126 e. The summed E-state index contributed by atoms with van der Waals surface area (Å²) in [5, 5.41) is 3.25. The molecule has 0 bridgehead atoms. The molecule has 0 radical (unpaired) electrons. The van der Waals surface area contributed by atoms with E-state index in [2.05, 4.69) is 38.0 Å². The number of hydrogen-bond donors (Lipinski definition) is 1. The summed E-state index contributed by atoms with van der Waals surface area (Å²) in [6.07, 6.45) is 4.25. The summed E-state index contributed by atoms with van der Waals surface area (Å²) in [6, 6.07) is 0.803. The Labute approximate surface area is 102 Å². The quantitative estimate of drug-likeness (QED) is 0.775. The van der Waals surface area contributed by atoms with Crippen molar-refractivity contribution >= 4 is 0 Å². The predicted molar refractivity (Wildman–Crippen MR) is 71.7 cm³/mol. The SMILES string of the molecule is CNCCN(C)C1CC(C)CCC1C(C)C. The number of nitrogens with zero attached hydrogens (tertiary/aromatic N) is 1. The maximum atomic E-state index is 3.25. The van der Waals surface area contributed by atoms with Gasteiger partial charge in [-0.2, -0.15) is 0 Å². The highest BCUT2D eigenvalue weighted by atomic mass is 15.1. The third-order valence-corrected chi connectivity index (χ3v) is 4.27. The van der Waals surface area contributed by atoms with E-state index >= 15 is 0 Å². The lowest BCUT2D eigenvalue weighted by Crippen LogP contribution is -2.45. The minimum Gasteiger partial charge on any atom is -0.318 e. The van der Waals surface area contributed by atoms with Gasteiger partial charge in [0, 0.05) is 19.1 Å². The Hall–Kier alpha value is -0.0800. The van der Waals surface area contributed by atoms with Gasteiger partial charge in [0.05, 0.1) is 0 Å². The molecule has 0 aromatic heterocycles. The second kappa shape index (κ2) is 6.61. The van der Waals surface area contributed by atoms with Crippen LogP contribution in [0.2, 0.25) is 0 Å². The van der Waals surface area contributed by atoms with Crippen LogP contribution in [0.25, 0.3) is 0 Å². The van der Waals surface area contributed by atoms with Crippen LogP contribution in [0.4, 0.5) is 0 Å². The maximum absolute atomic E-state index is 3.25. The van der Waals surface area contributed by atoms with Crippen LogP contribution in [0, 0.1) is 17.8 Å². The molecule has 2 heteroatoms. The first-order valence-electron chi connectivity index (χ1n) is 6.91. The van der Waals surface area contributed by atoms with Gasteiger partial charge >= 0.3 is 0 Å². The van der Waals surface area contributed by atoms with E-state index in [9.17, 15) is 0 Å². The van der Waals surface area contributed by atoms with Crippen molar-refractivity contribution in [3.05, 3.63) is 0 Å². The Bertz CT molecular complexity index is 191. The van der Waals surface area contributed by atoms with Crippen LogP contribution in [0.1, 0.15) is 40.0 Å². The predicted octanol–water partition coefficient (Wildman–Crippen LogP) is 2.60. The van der Waals surface area contributed by atoms with Gasteiger partial charge in [-0.15, -0.1) is 0 Å². The first kappa shape index (κ1) is 14.0. The molecule has 0 spiro atoms. The number of nitrogens with one attached hydrogen (secondary N) is 1. The zero-order valence-corrected chi connectivity index (χ0v) is 11.8. The second-order valence-electron chi connectivity index (χ2n) is 5.98. The van der Waals surface area contributed by atoms with Gasteiger partial charge in [0.2, 0.25) is 0 Å². The summed E-state index contributed by atoms with van der Waals surface area (Å²) in [7, 11) is 4.34. The number of hydrogen-bond acceptors (Lipinski definition) is 2. The molecule has 0 aromatic carbocycles. The molecule has 1 saturated carbocycles. The van der Waals surface area contributed by atoms with Crippen LogP contribution in [-0.4, -0.2) is 38.1 Å². The van der Waals surface area contributed by atoms with Crippen LogP contribution in [-0.2, 0) is 0 Å². The molecule has 96 valence electrons. The van der Waals surface area contributed by atoms with E-state index in [1.807, 2.05) is 7.05 Å². The zero-order chi connectivity index (χ0) is 12.1. The van der Waals surface area contributed by atoms with Gasteiger partial charge in [0.15, 0.2) is 0 Å². The molecule has 1 N–H and O–H groups in total. The molecular formula is C14H30N2. The summed E-state index contributed by atoms with van der Waals surface area (Å²) >= 11 is 0. The van der Waals surface area contributed by atoms with Crippen molar-refractivity contribution in [2.75, 3.05) is 27.2 Å². The van der Waals surface area contributed by atoms with E-state index in [-0.39, 0.29) is 0 Å². The highest BCUT2D eigenvalue weighted by Gasteiger charge is 2.32. The van der Waals surface area contributed by atoms with Crippen molar-refractivity contribution in [2.45, 2.75) is 46.1 Å². The fourth-order valence-corrected chi connectivity index (χ4v) is 3.11. The van der Waals surface area contributed by atoms with Crippen molar-refractivity contribution in [2.24, 2.45) is 17.8 Å². The summed E-state index contributed by atoms with van der Waals surface area (Å²) < 4.78 is 0. The summed E-state index contributed by atoms with van der Waals surface area (Å²) in [5.74, 6) is 2.64. The lowest BCUT2D eigenvalue weighted by Gasteiger charge is -2.42. The first-order chi connectivity index (χ1) is 7.56. The lowest BCUT2D eigenvalue weighted by atomic mass is 9.73. The molecule has 16 heavy (non-hydrogen) atoms. The highest BCUT2D eigenvalue weighted by molar-refractivity contribution is 4.86. The topological polar surface area (TPSA) is 15.3 Å². The van der Waals surface area contributed by atoms with Gasteiger partial charge in [-0.05, 0) is 44.7 Å². The van der Waals surface area contributed by atoms with Gasteiger partial charge in [0.1, 0.15) is 0 Å². The first-order valence-corrected chi connectivity index (χ1v) is 6.91. The fraction of sp³-hybridized carbons (Fsp3) is 1.00. The average Bonchev–Trinajstić information content (AvgIpc) is 2.25. The highest BCUT2D eigenvalue weighted by Crippen LogP contribution is 2.35. The third-order valence-electron chi connectivity index (χ3n) is 4.27. The fourth-order valence-electron chi connectivity index (χ4n) is 3.11. The Kier molecular flexibility index (Phi) is 5.77. The zero-order valence-electron chi connectivity index (χ0n) is 11.8. The van der Waals surface area contributed by atoms with E-state index in [0.29, 0.717) is 0 Å². The van der Waals surface area contributed by atoms with Gasteiger partial charge in [-0.25, -0.2) is 0 Å². The van der Waals surface area contributed by atoms with E-state index in [1.54, 1.807) is 0 Å². The third kappa shape index (κ3) is 3.74. The van der Waals surface area contributed by atoms with E-state index in [1.165, 1.54) is 25.8 Å². The Morgan fingerprint density at radius 2 is 2.00 bits per heavy atom. The van der Waals surface area contributed by atoms with Gasteiger partial charge in [-0.1, -0.05) is 27.2 Å². The van der Waals surface area contributed by atoms with Crippen molar-refractivity contribution < 1.29 is 0 Å². The molecule has 1 rings (SSSR count). The average molecular weight is 226 g/mol. The van der Waals surface area contributed by atoms with Crippen molar-refractivity contribution in [1.29, 1.82) is 0 Å². The molecule has 0 aliphatic heterocycles. The molecule has 3 atom stereocenters. The van der Waals surface area contributed by atoms with Crippen molar-refractivity contribution in [1.82, 2.24) is 10.2 Å². The molecule has 0 aromatic rings. The molecule has 3 unspecified atom stereocenters. The van der Waals surface area contributed by atoms with Crippen LogP contribution in [0.15, 0.2) is 0 Å². The van der Waals surface area contributed by atoms with Crippen LogP contribution >= 0.6 is 0 Å². The summed E-state index contributed by atoms with van der Waals surface area (Å²) in [5.41, 5.74) is 0. The molecular weight excluding hydrogens is 196 g/mol. The second-order valence-corrected chi connectivity index (χ2v) is 5.98. The van der Waals surface area contributed by atoms with Crippen molar-refractivity contribution in [3.8, 4) is 0 Å². The van der Waals surface area contributed by atoms with Gasteiger partial charge < -0.3 is 10.2 Å². The molecule has 0 saturated heterocycles. The molecule has 2 nitrogen and oxygen atoms in total. The molecule has 0 heterocycles. The molecule has 0 amide bonds.